The highest BCUT2D eigenvalue weighted by atomic mass is 35.5. The number of hydrogen-bond acceptors (Lipinski definition) is 2. The van der Waals surface area contributed by atoms with Gasteiger partial charge in [-0.05, 0) is 31.8 Å². The van der Waals surface area contributed by atoms with E-state index in [-0.39, 0.29) is 12.4 Å². The fourth-order valence-electron chi connectivity index (χ4n) is 1.02. The summed E-state index contributed by atoms with van der Waals surface area (Å²) in [6, 6.07) is 7.73. The van der Waals surface area contributed by atoms with Crippen molar-refractivity contribution < 1.29 is 4.74 Å². The Bertz CT molecular complexity index is 262. The molecule has 0 aliphatic rings. The molecule has 0 aliphatic carbocycles. The first-order valence-corrected chi connectivity index (χ1v) is 5.03. The van der Waals surface area contributed by atoms with Crippen molar-refractivity contribution in [3.05, 3.63) is 34.9 Å². The molecule has 0 aromatic heterocycles. The third-order valence-electron chi connectivity index (χ3n) is 1.86. The second-order valence-electron chi connectivity index (χ2n) is 3.48. The first-order chi connectivity index (χ1) is 6.68. The van der Waals surface area contributed by atoms with Crippen LogP contribution in [0.4, 0.5) is 0 Å². The topological polar surface area (TPSA) is 12.5 Å². The molecule has 4 heteroatoms. The lowest BCUT2D eigenvalue weighted by molar-refractivity contribution is 0.105. The van der Waals surface area contributed by atoms with E-state index >= 15 is 0 Å². The molecule has 0 heterocycles. The highest BCUT2D eigenvalue weighted by molar-refractivity contribution is 6.30. The maximum absolute atomic E-state index is 5.77. The molecule has 0 amide bonds. The molecule has 1 aromatic carbocycles. The van der Waals surface area contributed by atoms with E-state index in [1.807, 2.05) is 38.4 Å². The van der Waals surface area contributed by atoms with Gasteiger partial charge in [0.2, 0.25) is 0 Å². The fraction of sp³-hybridized carbons (Fsp3) is 0.455. The Morgan fingerprint density at radius 2 is 1.80 bits per heavy atom. The van der Waals surface area contributed by atoms with Gasteiger partial charge in [-0.15, -0.1) is 12.4 Å². The number of halogens is 2. The predicted molar refractivity (Wildman–Crippen MR) is 66.9 cm³/mol. The van der Waals surface area contributed by atoms with E-state index in [1.165, 1.54) is 0 Å². The van der Waals surface area contributed by atoms with Crippen molar-refractivity contribution in [1.82, 2.24) is 4.90 Å². The molecule has 0 unspecified atom stereocenters. The van der Waals surface area contributed by atoms with E-state index < -0.39 is 0 Å². The summed E-state index contributed by atoms with van der Waals surface area (Å²) < 4.78 is 5.49. The van der Waals surface area contributed by atoms with Gasteiger partial charge in [-0.25, -0.2) is 0 Å². The molecule has 0 atom stereocenters. The molecular weight excluding hydrogens is 233 g/mol. The largest absolute Gasteiger partial charge is 0.375 e. The molecule has 0 spiro atoms. The van der Waals surface area contributed by atoms with Crippen molar-refractivity contribution in [2.45, 2.75) is 6.61 Å². The number of likely N-dealkylation sites (N-methyl/N-ethyl adjacent to an activating group) is 1. The van der Waals surface area contributed by atoms with Gasteiger partial charge in [0, 0.05) is 11.6 Å². The predicted octanol–water partition coefficient (Wildman–Crippen LogP) is 2.84. The van der Waals surface area contributed by atoms with Crippen molar-refractivity contribution in [3.8, 4) is 0 Å². The van der Waals surface area contributed by atoms with Crippen molar-refractivity contribution in [1.29, 1.82) is 0 Å². The van der Waals surface area contributed by atoms with E-state index in [0.717, 1.165) is 23.7 Å². The van der Waals surface area contributed by atoms with E-state index in [2.05, 4.69) is 4.90 Å². The molecule has 0 N–H and O–H groups in total. The summed E-state index contributed by atoms with van der Waals surface area (Å²) in [7, 11) is 4.07. The lowest BCUT2D eigenvalue weighted by Gasteiger charge is -2.09. The number of rotatable bonds is 5. The van der Waals surface area contributed by atoms with Gasteiger partial charge >= 0.3 is 0 Å². The van der Waals surface area contributed by atoms with Crippen LogP contribution in [0, 0.1) is 0 Å². The quantitative estimate of drug-likeness (QED) is 0.745. The Balaban J connectivity index is 0.00000196. The van der Waals surface area contributed by atoms with Crippen molar-refractivity contribution in [2.75, 3.05) is 27.2 Å². The molecule has 0 aliphatic heterocycles. The highest BCUT2D eigenvalue weighted by Gasteiger charge is 1.94. The Morgan fingerprint density at radius 3 is 2.33 bits per heavy atom. The maximum atomic E-state index is 5.77. The maximum Gasteiger partial charge on any atom is 0.0717 e. The lowest BCUT2D eigenvalue weighted by Crippen LogP contribution is -2.17. The van der Waals surface area contributed by atoms with E-state index in [9.17, 15) is 0 Å². The van der Waals surface area contributed by atoms with Gasteiger partial charge in [0.1, 0.15) is 0 Å². The highest BCUT2D eigenvalue weighted by Crippen LogP contribution is 2.09. The minimum absolute atomic E-state index is 0. The zero-order valence-corrected chi connectivity index (χ0v) is 10.6. The van der Waals surface area contributed by atoms with Crippen LogP contribution in [0.2, 0.25) is 5.02 Å². The van der Waals surface area contributed by atoms with Crippen molar-refractivity contribution >= 4 is 24.0 Å². The average molecular weight is 250 g/mol. The Kier molecular flexibility index (Phi) is 7.79. The summed E-state index contributed by atoms with van der Waals surface area (Å²) in [6.45, 7) is 2.37. The second-order valence-corrected chi connectivity index (χ2v) is 3.92. The number of benzene rings is 1. The molecule has 0 saturated carbocycles. The summed E-state index contributed by atoms with van der Waals surface area (Å²) in [5.41, 5.74) is 1.16. The summed E-state index contributed by atoms with van der Waals surface area (Å²) in [5, 5.41) is 0.766. The molecular formula is C11H17Cl2NO. The number of hydrogen-bond donors (Lipinski definition) is 0. The van der Waals surface area contributed by atoms with Crippen LogP contribution < -0.4 is 0 Å². The van der Waals surface area contributed by atoms with Crippen LogP contribution in [0.15, 0.2) is 24.3 Å². The van der Waals surface area contributed by atoms with Crippen molar-refractivity contribution in [2.24, 2.45) is 0 Å². The van der Waals surface area contributed by atoms with Crippen LogP contribution in [0.1, 0.15) is 5.56 Å². The molecule has 0 saturated heterocycles. The number of nitrogens with zero attached hydrogens (tertiary/aromatic N) is 1. The van der Waals surface area contributed by atoms with Crippen LogP contribution in [0.3, 0.4) is 0 Å². The summed E-state index contributed by atoms with van der Waals surface area (Å²) in [6.07, 6.45) is 0. The third kappa shape index (κ3) is 6.74. The summed E-state index contributed by atoms with van der Waals surface area (Å²) >= 11 is 5.77. The summed E-state index contributed by atoms with van der Waals surface area (Å²) in [5.74, 6) is 0. The van der Waals surface area contributed by atoms with Crippen molar-refractivity contribution in [3.63, 3.8) is 0 Å². The molecule has 86 valence electrons. The van der Waals surface area contributed by atoms with Gasteiger partial charge in [-0.3, -0.25) is 0 Å². The van der Waals surface area contributed by atoms with E-state index in [1.54, 1.807) is 0 Å². The molecule has 1 aromatic rings. The Hall–Kier alpha value is -0.280. The first kappa shape index (κ1) is 14.7. The Labute approximate surface area is 103 Å². The fourth-order valence-corrected chi connectivity index (χ4v) is 1.14. The van der Waals surface area contributed by atoms with Crippen LogP contribution >= 0.6 is 24.0 Å². The summed E-state index contributed by atoms with van der Waals surface area (Å²) in [4.78, 5) is 2.10. The van der Waals surface area contributed by atoms with Crippen LogP contribution in [-0.4, -0.2) is 32.1 Å². The van der Waals surface area contributed by atoms with Crippen LogP contribution in [0.5, 0.6) is 0 Å². The Morgan fingerprint density at radius 1 is 1.20 bits per heavy atom. The molecule has 1 rings (SSSR count). The van der Waals surface area contributed by atoms with Gasteiger partial charge in [0.15, 0.2) is 0 Å². The lowest BCUT2D eigenvalue weighted by atomic mass is 10.2. The normalized spacial score (nSPS) is 10.1. The van der Waals surface area contributed by atoms with E-state index in [4.69, 9.17) is 16.3 Å². The second kappa shape index (κ2) is 7.94. The minimum atomic E-state index is 0. The molecule has 0 fully saturated rings. The first-order valence-electron chi connectivity index (χ1n) is 4.65. The minimum Gasteiger partial charge on any atom is -0.375 e. The standard InChI is InChI=1S/C11H16ClNO.ClH/c1-13(2)7-8-14-9-10-3-5-11(12)6-4-10;/h3-6H,7-9H2,1-2H3;1H. The molecule has 0 radical (unpaired) electrons. The number of ether oxygens (including phenoxy) is 1. The third-order valence-corrected chi connectivity index (χ3v) is 2.12. The van der Waals surface area contributed by atoms with Gasteiger partial charge < -0.3 is 9.64 Å². The SMILES string of the molecule is CN(C)CCOCc1ccc(Cl)cc1.Cl. The van der Waals surface area contributed by atoms with Crippen LogP contribution in [-0.2, 0) is 11.3 Å². The van der Waals surface area contributed by atoms with Crippen LogP contribution in [0.25, 0.3) is 0 Å². The molecule has 15 heavy (non-hydrogen) atoms. The average Bonchev–Trinajstić information content (AvgIpc) is 2.15. The monoisotopic (exact) mass is 249 g/mol. The van der Waals surface area contributed by atoms with E-state index in [0.29, 0.717) is 6.61 Å². The van der Waals surface area contributed by atoms with Gasteiger partial charge in [-0.2, -0.15) is 0 Å². The van der Waals surface area contributed by atoms with Gasteiger partial charge in [-0.1, -0.05) is 23.7 Å². The smallest absolute Gasteiger partial charge is 0.0717 e. The van der Waals surface area contributed by atoms with Gasteiger partial charge in [0.05, 0.1) is 13.2 Å². The zero-order valence-electron chi connectivity index (χ0n) is 9.07. The zero-order chi connectivity index (χ0) is 10.4. The molecule has 0 bridgehead atoms. The molecule has 2 nitrogen and oxygen atoms in total. The van der Waals surface area contributed by atoms with Gasteiger partial charge in [0.25, 0.3) is 0 Å².